The summed E-state index contributed by atoms with van der Waals surface area (Å²) < 4.78 is 5.35. The Balaban J connectivity index is 3.05. The zero-order chi connectivity index (χ0) is 15.8. The minimum absolute atomic E-state index is 0.00664. The van der Waals surface area contributed by atoms with Crippen LogP contribution >= 0.6 is 0 Å². The fourth-order valence-electron chi connectivity index (χ4n) is 1.62. The maximum absolute atomic E-state index is 11.9. The number of carbonyl (C=O) groups is 1. The van der Waals surface area contributed by atoms with Gasteiger partial charge in [-0.25, -0.2) is 0 Å². The molecule has 118 valence electrons. The van der Waals surface area contributed by atoms with Gasteiger partial charge in [0.2, 0.25) is 17.8 Å². The fourth-order valence-corrected chi connectivity index (χ4v) is 1.62. The quantitative estimate of drug-likeness (QED) is 0.752. The smallest absolute Gasteiger partial charge is 0.323 e. The Morgan fingerprint density at radius 3 is 2.48 bits per heavy atom. The Hall–Kier alpha value is -2.12. The van der Waals surface area contributed by atoms with Gasteiger partial charge in [0.1, 0.15) is 0 Å². The van der Waals surface area contributed by atoms with Gasteiger partial charge in [-0.2, -0.15) is 15.0 Å². The van der Waals surface area contributed by atoms with E-state index in [1.165, 1.54) is 0 Å². The Kier molecular flexibility index (Phi) is 6.64. The molecule has 0 atom stereocenters. The van der Waals surface area contributed by atoms with Crippen molar-refractivity contribution in [2.24, 2.45) is 0 Å². The van der Waals surface area contributed by atoms with Gasteiger partial charge in [-0.1, -0.05) is 6.92 Å². The lowest BCUT2D eigenvalue weighted by Crippen LogP contribution is -2.38. The molecule has 0 saturated heterocycles. The molecule has 1 rings (SSSR count). The van der Waals surface area contributed by atoms with Crippen molar-refractivity contribution in [3.05, 3.63) is 0 Å². The van der Waals surface area contributed by atoms with Crippen molar-refractivity contribution in [2.45, 2.75) is 20.3 Å². The van der Waals surface area contributed by atoms with Crippen LogP contribution in [0.25, 0.3) is 0 Å². The van der Waals surface area contributed by atoms with Gasteiger partial charge in [0.15, 0.2) is 0 Å². The molecule has 0 radical (unpaired) electrons. The predicted molar refractivity (Wildman–Crippen MR) is 81.7 cm³/mol. The summed E-state index contributed by atoms with van der Waals surface area (Å²) in [6, 6.07) is 0.255. The predicted octanol–water partition coefficient (Wildman–Crippen LogP) is 0.617. The number of carbonyl (C=O) groups excluding carboxylic acids is 1. The molecule has 0 aliphatic rings. The molecule has 1 N–H and O–H groups in total. The van der Waals surface area contributed by atoms with E-state index in [4.69, 9.17) is 4.74 Å². The van der Waals surface area contributed by atoms with Crippen LogP contribution in [0.1, 0.15) is 20.3 Å². The number of amides is 1. The Bertz CT molecular complexity index is 466. The van der Waals surface area contributed by atoms with E-state index in [-0.39, 0.29) is 18.5 Å². The van der Waals surface area contributed by atoms with Crippen LogP contribution < -0.4 is 15.0 Å². The summed E-state index contributed by atoms with van der Waals surface area (Å²) in [7, 11) is 5.18. The largest absolute Gasteiger partial charge is 0.464 e. The molecule has 0 spiro atoms. The summed E-state index contributed by atoms with van der Waals surface area (Å²) in [5, 5.41) is 2.87. The van der Waals surface area contributed by atoms with E-state index in [1.807, 2.05) is 18.7 Å². The number of likely N-dealkylation sites (N-methyl/N-ethyl adjacent to an activating group) is 1. The van der Waals surface area contributed by atoms with Crippen LogP contribution in [0.2, 0.25) is 0 Å². The molecule has 1 amide bonds. The molecule has 0 fully saturated rings. The summed E-state index contributed by atoms with van der Waals surface area (Å²) in [6.45, 7) is 5.27. The van der Waals surface area contributed by atoms with Crippen molar-refractivity contribution in [3.63, 3.8) is 0 Å². The lowest BCUT2D eigenvalue weighted by Gasteiger charge is -2.23. The molecule has 0 saturated carbocycles. The normalized spacial score (nSPS) is 10.1. The molecule has 0 bridgehead atoms. The molecule has 8 heteroatoms. The van der Waals surface area contributed by atoms with Crippen molar-refractivity contribution in [3.8, 4) is 6.01 Å². The first-order valence-corrected chi connectivity index (χ1v) is 7.03. The van der Waals surface area contributed by atoms with Gasteiger partial charge in [0.05, 0.1) is 13.2 Å². The molecular formula is C13H24N6O2. The highest BCUT2D eigenvalue weighted by atomic mass is 16.5. The molecule has 0 unspecified atom stereocenters. The van der Waals surface area contributed by atoms with Crippen molar-refractivity contribution in [1.82, 2.24) is 19.9 Å². The first-order chi connectivity index (χ1) is 10.0. The third kappa shape index (κ3) is 5.05. The van der Waals surface area contributed by atoms with Crippen LogP contribution in [0.15, 0.2) is 0 Å². The van der Waals surface area contributed by atoms with E-state index in [0.29, 0.717) is 25.0 Å². The van der Waals surface area contributed by atoms with Crippen molar-refractivity contribution < 1.29 is 9.53 Å². The lowest BCUT2D eigenvalue weighted by atomic mass is 10.4. The van der Waals surface area contributed by atoms with Crippen molar-refractivity contribution in [1.29, 1.82) is 0 Å². The second-order valence-corrected chi connectivity index (χ2v) is 4.63. The van der Waals surface area contributed by atoms with Crippen LogP contribution in [-0.4, -0.2) is 66.6 Å². The number of nitrogens with zero attached hydrogens (tertiary/aromatic N) is 5. The highest BCUT2D eigenvalue weighted by molar-refractivity contribution is 5.80. The number of nitrogens with one attached hydrogen (secondary N) is 1. The summed E-state index contributed by atoms with van der Waals surface area (Å²) in [5.74, 6) is 0.851. The van der Waals surface area contributed by atoms with E-state index < -0.39 is 0 Å². The van der Waals surface area contributed by atoms with Gasteiger partial charge in [0.25, 0.3) is 0 Å². The molecule has 1 aromatic heterocycles. The Morgan fingerprint density at radius 1 is 1.24 bits per heavy atom. The van der Waals surface area contributed by atoms with Gasteiger partial charge in [0, 0.05) is 27.7 Å². The monoisotopic (exact) mass is 296 g/mol. The van der Waals surface area contributed by atoms with E-state index >= 15 is 0 Å². The average molecular weight is 296 g/mol. The zero-order valence-electron chi connectivity index (χ0n) is 13.4. The molecule has 0 aliphatic carbocycles. The number of rotatable bonds is 8. The average Bonchev–Trinajstić information content (AvgIpc) is 2.46. The summed E-state index contributed by atoms with van der Waals surface area (Å²) in [5.41, 5.74) is 0. The Morgan fingerprint density at radius 2 is 1.95 bits per heavy atom. The van der Waals surface area contributed by atoms with Crippen LogP contribution in [0.3, 0.4) is 0 Å². The number of ether oxygens (including phenoxy) is 1. The first-order valence-electron chi connectivity index (χ1n) is 7.03. The van der Waals surface area contributed by atoms with E-state index in [1.54, 1.807) is 26.0 Å². The third-order valence-electron chi connectivity index (χ3n) is 2.70. The Labute approximate surface area is 125 Å². The molecule has 21 heavy (non-hydrogen) atoms. The number of hydrogen-bond acceptors (Lipinski definition) is 7. The second-order valence-electron chi connectivity index (χ2n) is 4.63. The highest BCUT2D eigenvalue weighted by Crippen LogP contribution is 2.15. The molecular weight excluding hydrogens is 272 g/mol. The van der Waals surface area contributed by atoms with Crippen molar-refractivity contribution >= 4 is 17.8 Å². The molecule has 8 nitrogen and oxygen atoms in total. The number of anilines is 2. The first kappa shape index (κ1) is 16.9. The highest BCUT2D eigenvalue weighted by Gasteiger charge is 2.17. The maximum Gasteiger partial charge on any atom is 0.323 e. The minimum Gasteiger partial charge on any atom is -0.464 e. The van der Waals surface area contributed by atoms with Crippen molar-refractivity contribution in [2.75, 3.05) is 51.1 Å². The van der Waals surface area contributed by atoms with E-state index in [2.05, 4.69) is 20.3 Å². The third-order valence-corrected chi connectivity index (χ3v) is 2.70. The molecule has 1 aromatic rings. The fraction of sp³-hybridized carbons (Fsp3) is 0.692. The van der Waals surface area contributed by atoms with Gasteiger partial charge in [-0.3, -0.25) is 4.79 Å². The molecule has 0 aliphatic heterocycles. The minimum atomic E-state index is -0.00664. The van der Waals surface area contributed by atoms with Crippen LogP contribution in [0.5, 0.6) is 6.01 Å². The second kappa shape index (κ2) is 8.23. The lowest BCUT2D eigenvalue weighted by molar-refractivity contribution is -0.127. The molecule has 0 aromatic carbocycles. The standard InChI is InChI=1S/C13H24N6O2/c1-6-8-19(9-10(20)18(4)5)12-15-11(14-3)16-13(17-12)21-7-2/h6-9H2,1-5H3,(H,14,15,16,17). The van der Waals surface area contributed by atoms with E-state index in [0.717, 1.165) is 6.42 Å². The van der Waals surface area contributed by atoms with Crippen LogP contribution in [0, 0.1) is 0 Å². The number of hydrogen-bond donors (Lipinski definition) is 1. The SMILES string of the molecule is CCCN(CC(=O)N(C)C)c1nc(NC)nc(OCC)n1. The zero-order valence-corrected chi connectivity index (χ0v) is 13.4. The number of aromatic nitrogens is 3. The maximum atomic E-state index is 11.9. The summed E-state index contributed by atoms with van der Waals surface area (Å²) in [4.78, 5) is 28.0. The van der Waals surface area contributed by atoms with Crippen LogP contribution in [0.4, 0.5) is 11.9 Å². The van der Waals surface area contributed by atoms with Gasteiger partial charge >= 0.3 is 6.01 Å². The summed E-state index contributed by atoms with van der Waals surface area (Å²) >= 11 is 0. The van der Waals surface area contributed by atoms with Crippen LogP contribution in [-0.2, 0) is 4.79 Å². The van der Waals surface area contributed by atoms with Gasteiger partial charge in [-0.15, -0.1) is 0 Å². The van der Waals surface area contributed by atoms with E-state index in [9.17, 15) is 4.79 Å². The van der Waals surface area contributed by atoms with Gasteiger partial charge < -0.3 is 19.9 Å². The van der Waals surface area contributed by atoms with Gasteiger partial charge in [-0.05, 0) is 13.3 Å². The summed E-state index contributed by atoms with van der Waals surface area (Å²) in [6.07, 6.45) is 0.880. The topological polar surface area (TPSA) is 83.5 Å². The molecule has 1 heterocycles.